The number of hydrogen-bond acceptors (Lipinski definition) is 6. The van der Waals surface area contributed by atoms with E-state index in [0.29, 0.717) is 0 Å². The van der Waals surface area contributed by atoms with Crippen molar-refractivity contribution < 1.29 is 19.1 Å². The minimum Gasteiger partial charge on any atom is -0.419 e. The maximum absolute atomic E-state index is 11.9. The number of fused-ring (bicyclic) bond motifs is 1. The number of para-hydroxylation sites is 1. The van der Waals surface area contributed by atoms with Crippen LogP contribution in [0.3, 0.4) is 0 Å². The Hall–Kier alpha value is -2.89. The summed E-state index contributed by atoms with van der Waals surface area (Å²) in [5.74, 6) is -2.67. The molecule has 118 valence electrons. The zero-order valence-corrected chi connectivity index (χ0v) is 13.0. The fourth-order valence-corrected chi connectivity index (χ4v) is 2.36. The van der Waals surface area contributed by atoms with E-state index in [2.05, 4.69) is 10.3 Å². The van der Waals surface area contributed by atoms with Crippen molar-refractivity contribution in [2.75, 3.05) is 5.32 Å². The number of cyclic esters (lactones) is 2. The molecule has 0 bridgehead atoms. The third kappa shape index (κ3) is 3.01. The first kappa shape index (κ1) is 15.0. The van der Waals surface area contributed by atoms with Gasteiger partial charge >= 0.3 is 11.9 Å². The van der Waals surface area contributed by atoms with Gasteiger partial charge < -0.3 is 14.8 Å². The van der Waals surface area contributed by atoms with Crippen LogP contribution in [0.4, 0.5) is 5.69 Å². The fourth-order valence-electron chi connectivity index (χ4n) is 2.36. The molecule has 0 saturated carbocycles. The van der Waals surface area contributed by atoms with Gasteiger partial charge in [-0.25, -0.2) is 9.59 Å². The third-order valence-electron chi connectivity index (χ3n) is 3.33. The number of aromatic nitrogens is 1. The Morgan fingerprint density at radius 1 is 1.13 bits per heavy atom. The van der Waals surface area contributed by atoms with Gasteiger partial charge in [-0.15, -0.1) is 0 Å². The molecule has 6 heteroatoms. The van der Waals surface area contributed by atoms with E-state index in [9.17, 15) is 9.59 Å². The van der Waals surface area contributed by atoms with Gasteiger partial charge in [0, 0.05) is 36.8 Å². The van der Waals surface area contributed by atoms with Gasteiger partial charge in [0.2, 0.25) is 0 Å². The number of carbonyl (C=O) groups excluding carboxylic acids is 2. The van der Waals surface area contributed by atoms with E-state index in [1.54, 1.807) is 0 Å². The van der Waals surface area contributed by atoms with Crippen molar-refractivity contribution in [2.24, 2.45) is 0 Å². The smallest absolute Gasteiger partial charge is 0.350 e. The number of carbonyl (C=O) groups is 2. The topological polar surface area (TPSA) is 77.5 Å². The monoisotopic (exact) mass is 312 g/mol. The Bertz CT molecular complexity index is 818. The first-order valence-electron chi connectivity index (χ1n) is 7.15. The van der Waals surface area contributed by atoms with Crippen molar-refractivity contribution in [1.82, 2.24) is 4.98 Å². The fraction of sp³-hybridized carbons (Fsp3) is 0.235. The van der Waals surface area contributed by atoms with Gasteiger partial charge in [-0.2, -0.15) is 0 Å². The number of hydrogen-bond donors (Lipinski definition) is 1. The third-order valence-corrected chi connectivity index (χ3v) is 3.33. The summed E-state index contributed by atoms with van der Waals surface area (Å²) in [7, 11) is 0. The van der Waals surface area contributed by atoms with Gasteiger partial charge in [0.15, 0.2) is 5.57 Å². The molecule has 6 nitrogen and oxygen atoms in total. The van der Waals surface area contributed by atoms with Gasteiger partial charge in [-0.1, -0.05) is 18.2 Å². The maximum atomic E-state index is 11.9. The maximum Gasteiger partial charge on any atom is 0.350 e. The lowest BCUT2D eigenvalue weighted by Gasteiger charge is -2.29. The van der Waals surface area contributed by atoms with Gasteiger partial charge in [0.1, 0.15) is 0 Å². The minimum absolute atomic E-state index is 0.178. The molecule has 1 aromatic carbocycles. The van der Waals surface area contributed by atoms with Crippen LogP contribution in [0.2, 0.25) is 0 Å². The zero-order valence-electron chi connectivity index (χ0n) is 13.0. The lowest BCUT2D eigenvalue weighted by molar-refractivity contribution is -0.222. The Morgan fingerprint density at radius 3 is 2.48 bits per heavy atom. The molecule has 2 aromatic rings. The Balaban J connectivity index is 1.94. The molecule has 1 saturated heterocycles. The first-order valence-corrected chi connectivity index (χ1v) is 7.15. The van der Waals surface area contributed by atoms with E-state index in [4.69, 9.17) is 9.47 Å². The molecular formula is C17H16N2O4. The lowest BCUT2D eigenvalue weighted by atomic mass is 10.1. The normalized spacial score (nSPS) is 16.7. The van der Waals surface area contributed by atoms with Crippen LogP contribution < -0.4 is 5.32 Å². The molecule has 1 fully saturated rings. The predicted octanol–water partition coefficient (Wildman–Crippen LogP) is 2.68. The van der Waals surface area contributed by atoms with Crippen molar-refractivity contribution in [3.63, 3.8) is 0 Å². The van der Waals surface area contributed by atoms with Crippen LogP contribution in [-0.4, -0.2) is 22.7 Å². The number of benzene rings is 1. The highest BCUT2D eigenvalue weighted by Crippen LogP contribution is 2.25. The quantitative estimate of drug-likeness (QED) is 0.522. The zero-order chi connectivity index (χ0) is 16.6. The van der Waals surface area contributed by atoms with Crippen LogP contribution in [-0.2, 0) is 19.1 Å². The highest BCUT2D eigenvalue weighted by Gasteiger charge is 2.38. The van der Waals surface area contributed by atoms with Gasteiger partial charge in [-0.05, 0) is 19.1 Å². The minimum atomic E-state index is -1.24. The molecule has 0 atom stereocenters. The molecule has 23 heavy (non-hydrogen) atoms. The second-order valence-electron chi connectivity index (χ2n) is 5.71. The van der Waals surface area contributed by atoms with Crippen LogP contribution in [0.1, 0.15) is 19.5 Å². The van der Waals surface area contributed by atoms with E-state index >= 15 is 0 Å². The standard InChI is InChI=1S/C17H16N2O4/c1-10-8-14(11-6-4-5-7-13(11)19-10)18-9-12-15(20)22-17(2,3)23-16(12)21/h4-9H,1-3H3,(H,18,19). The summed E-state index contributed by atoms with van der Waals surface area (Å²) < 4.78 is 10.1. The molecule has 1 N–H and O–H groups in total. The SMILES string of the molecule is Cc1cc(NC=C2C(=O)OC(C)(C)OC2=O)c2ccccc2n1. The molecule has 0 amide bonds. The number of anilines is 1. The van der Waals surface area contributed by atoms with Crippen LogP contribution >= 0.6 is 0 Å². The van der Waals surface area contributed by atoms with Crippen molar-refractivity contribution in [1.29, 1.82) is 0 Å². The highest BCUT2D eigenvalue weighted by atomic mass is 16.7. The number of rotatable bonds is 2. The number of nitrogens with one attached hydrogen (secondary N) is 1. The Kier molecular flexibility index (Phi) is 3.52. The molecule has 3 rings (SSSR count). The van der Waals surface area contributed by atoms with Crippen LogP contribution in [0, 0.1) is 6.92 Å². The molecular weight excluding hydrogens is 296 g/mol. The molecule has 0 unspecified atom stereocenters. The Labute approximate surface area is 133 Å². The molecule has 1 aliphatic heterocycles. The number of pyridine rings is 1. The molecule has 0 spiro atoms. The summed E-state index contributed by atoms with van der Waals surface area (Å²) in [5.41, 5.74) is 2.21. The summed E-state index contributed by atoms with van der Waals surface area (Å²) in [6, 6.07) is 9.43. The molecule has 1 aromatic heterocycles. The average Bonchev–Trinajstić information content (AvgIpc) is 2.44. The number of nitrogens with zero attached hydrogens (tertiary/aromatic N) is 1. The van der Waals surface area contributed by atoms with E-state index < -0.39 is 17.7 Å². The number of ether oxygens (including phenoxy) is 2. The van der Waals surface area contributed by atoms with Gasteiger partial charge in [0.25, 0.3) is 5.79 Å². The highest BCUT2D eigenvalue weighted by molar-refractivity contribution is 6.15. The molecule has 0 radical (unpaired) electrons. The first-order chi connectivity index (χ1) is 10.9. The van der Waals surface area contributed by atoms with Gasteiger partial charge in [0.05, 0.1) is 5.52 Å². The van der Waals surface area contributed by atoms with E-state index in [1.165, 1.54) is 20.0 Å². The molecule has 0 aliphatic carbocycles. The average molecular weight is 312 g/mol. The molecule has 2 heterocycles. The van der Waals surface area contributed by atoms with Crippen molar-refractivity contribution >= 4 is 28.5 Å². The number of aryl methyl sites for hydroxylation is 1. The summed E-state index contributed by atoms with van der Waals surface area (Å²) in [4.78, 5) is 28.3. The second kappa shape index (κ2) is 5.39. The van der Waals surface area contributed by atoms with Crippen LogP contribution in [0.25, 0.3) is 10.9 Å². The van der Waals surface area contributed by atoms with Crippen molar-refractivity contribution in [2.45, 2.75) is 26.6 Å². The van der Waals surface area contributed by atoms with E-state index in [1.807, 2.05) is 37.3 Å². The summed E-state index contributed by atoms with van der Waals surface area (Å²) in [5, 5.41) is 3.86. The lowest BCUT2D eigenvalue weighted by Crippen LogP contribution is -2.42. The van der Waals surface area contributed by atoms with Crippen LogP contribution in [0.5, 0.6) is 0 Å². The molecule has 1 aliphatic rings. The Morgan fingerprint density at radius 2 is 1.78 bits per heavy atom. The summed E-state index contributed by atoms with van der Waals surface area (Å²) >= 11 is 0. The summed E-state index contributed by atoms with van der Waals surface area (Å²) in [6.07, 6.45) is 1.31. The number of esters is 2. The van der Waals surface area contributed by atoms with E-state index in [-0.39, 0.29) is 5.57 Å². The van der Waals surface area contributed by atoms with E-state index in [0.717, 1.165) is 22.3 Å². The summed E-state index contributed by atoms with van der Waals surface area (Å²) in [6.45, 7) is 4.88. The largest absolute Gasteiger partial charge is 0.419 e. The van der Waals surface area contributed by atoms with Crippen molar-refractivity contribution in [3.8, 4) is 0 Å². The van der Waals surface area contributed by atoms with Gasteiger partial charge in [-0.3, -0.25) is 4.98 Å². The van der Waals surface area contributed by atoms with Crippen molar-refractivity contribution in [3.05, 3.63) is 47.8 Å². The second-order valence-corrected chi connectivity index (χ2v) is 5.71. The van der Waals surface area contributed by atoms with Crippen LogP contribution in [0.15, 0.2) is 42.1 Å². The predicted molar refractivity (Wildman–Crippen MR) is 84.4 cm³/mol.